The van der Waals surface area contributed by atoms with E-state index in [1.54, 1.807) is 16.7 Å². The fourth-order valence-electron chi connectivity index (χ4n) is 10.7. The Labute approximate surface area is 254 Å². The van der Waals surface area contributed by atoms with E-state index in [2.05, 4.69) is 130 Å². The second-order valence-corrected chi connectivity index (χ2v) is 13.5. The van der Waals surface area contributed by atoms with Crippen molar-refractivity contribution in [2.45, 2.75) is 30.6 Å². The number of aromatic nitrogens is 2. The number of fused-ring (bicyclic) bond motifs is 11. The summed E-state index contributed by atoms with van der Waals surface area (Å²) >= 11 is 0. The fraction of sp³-hybridized carbons (Fsp3) is 0.143. The van der Waals surface area contributed by atoms with Gasteiger partial charge < -0.3 is 9.13 Å². The summed E-state index contributed by atoms with van der Waals surface area (Å²) in [6.07, 6.45) is 3.86. The van der Waals surface area contributed by atoms with Crippen LogP contribution in [0.25, 0.3) is 66.1 Å². The molecule has 2 aliphatic carbocycles. The Bertz CT molecular complexity index is 2600. The highest BCUT2D eigenvalue weighted by molar-refractivity contribution is 6.23. The quantitative estimate of drug-likeness (QED) is 0.189. The van der Waals surface area contributed by atoms with Crippen molar-refractivity contribution in [2.75, 3.05) is 0 Å². The normalized spacial score (nSPS) is 21.9. The zero-order valence-electron chi connectivity index (χ0n) is 24.2. The van der Waals surface area contributed by atoms with Crippen LogP contribution in [0.4, 0.5) is 0 Å². The molecule has 8 aromatic rings. The first kappa shape index (κ1) is 22.5. The molecular formula is C42H28N2. The van der Waals surface area contributed by atoms with Crippen molar-refractivity contribution in [3.8, 4) is 22.5 Å². The monoisotopic (exact) mass is 560 g/mol. The summed E-state index contributed by atoms with van der Waals surface area (Å²) in [7, 11) is 0. The van der Waals surface area contributed by atoms with Gasteiger partial charge >= 0.3 is 0 Å². The molecule has 0 amide bonds. The Hall–Kier alpha value is -5.08. The zero-order chi connectivity index (χ0) is 28.3. The van der Waals surface area contributed by atoms with Gasteiger partial charge in [0.05, 0.1) is 38.9 Å². The van der Waals surface area contributed by atoms with Crippen LogP contribution in [0.2, 0.25) is 0 Å². The van der Waals surface area contributed by atoms with Crippen molar-refractivity contribution in [1.82, 2.24) is 9.13 Å². The zero-order valence-corrected chi connectivity index (χ0v) is 24.2. The van der Waals surface area contributed by atoms with Gasteiger partial charge in [-0.05, 0) is 71.2 Å². The lowest BCUT2D eigenvalue weighted by atomic mass is 9.60. The smallest absolute Gasteiger partial charge is 0.0607 e. The van der Waals surface area contributed by atoms with E-state index in [9.17, 15) is 0 Å². The van der Waals surface area contributed by atoms with Gasteiger partial charge in [0.25, 0.3) is 0 Å². The molecule has 2 aliphatic heterocycles. The highest BCUT2D eigenvalue weighted by Crippen LogP contribution is 2.70. The second-order valence-electron chi connectivity index (χ2n) is 13.5. The average Bonchev–Trinajstić information content (AvgIpc) is 3.84. The van der Waals surface area contributed by atoms with Crippen molar-refractivity contribution in [3.05, 3.63) is 144 Å². The minimum Gasteiger partial charge on any atom is -0.309 e. The van der Waals surface area contributed by atoms with Crippen LogP contribution in [0.1, 0.15) is 47.4 Å². The third-order valence-corrected chi connectivity index (χ3v) is 11.9. The van der Waals surface area contributed by atoms with Gasteiger partial charge in [-0.25, -0.2) is 0 Å². The minimum atomic E-state index is -0.181. The van der Waals surface area contributed by atoms with E-state index in [-0.39, 0.29) is 5.41 Å². The lowest BCUT2D eigenvalue weighted by Crippen LogP contribution is -2.41. The Balaban J connectivity index is 1.45. The molecule has 0 radical (unpaired) electrons. The Kier molecular flexibility index (Phi) is 3.75. The fourth-order valence-corrected chi connectivity index (χ4v) is 10.7. The molecule has 1 fully saturated rings. The van der Waals surface area contributed by atoms with Crippen LogP contribution in [0, 0.1) is 5.92 Å². The number of hydrogen-bond acceptors (Lipinski definition) is 0. The molecule has 6 aromatic carbocycles. The third-order valence-electron chi connectivity index (χ3n) is 11.9. The maximum atomic E-state index is 2.67. The van der Waals surface area contributed by atoms with E-state index in [0.717, 1.165) is 0 Å². The van der Waals surface area contributed by atoms with E-state index in [4.69, 9.17) is 0 Å². The van der Waals surface area contributed by atoms with Gasteiger partial charge in [0, 0.05) is 32.7 Å². The van der Waals surface area contributed by atoms with Crippen LogP contribution >= 0.6 is 0 Å². The largest absolute Gasteiger partial charge is 0.309 e. The van der Waals surface area contributed by atoms with Crippen LogP contribution in [0.15, 0.2) is 121 Å². The number of benzene rings is 6. The molecule has 0 bridgehead atoms. The standard InChI is InChI=1S/C42H28N2/c1-2-11-24(12-3-1)25-15-8-19-33-39(25)44-35-21-7-5-14-28(35)31-23-30-27-13-4-6-20-34(27)43-36-22-10-17-29-26-16-9-18-32(26)42(33,37(29)36)38(40(30)43)41(31)44/h1-8,10-15,17,19-23,26,32H,9,16,18H2. The maximum Gasteiger partial charge on any atom is 0.0607 e. The molecule has 0 saturated heterocycles. The second kappa shape index (κ2) is 7.34. The molecule has 1 spiro atoms. The predicted molar refractivity (Wildman–Crippen MR) is 181 cm³/mol. The first-order valence-electron chi connectivity index (χ1n) is 16.2. The van der Waals surface area contributed by atoms with Crippen LogP contribution in [-0.2, 0) is 5.41 Å². The Morgan fingerprint density at radius 3 is 2.09 bits per heavy atom. The maximum absolute atomic E-state index is 2.67. The predicted octanol–water partition coefficient (Wildman–Crippen LogP) is 10.4. The molecule has 1 saturated carbocycles. The van der Waals surface area contributed by atoms with E-state index >= 15 is 0 Å². The minimum absolute atomic E-state index is 0.181. The molecule has 4 aliphatic rings. The highest BCUT2D eigenvalue weighted by atomic mass is 15.1. The summed E-state index contributed by atoms with van der Waals surface area (Å²) in [4.78, 5) is 0. The van der Waals surface area contributed by atoms with E-state index < -0.39 is 0 Å². The SMILES string of the molecule is c1ccc(-c2cccc3c2-n2c4ccccc4c4cc5c6ccccc6n6c5c(c42)C32c3c(cccc3-6)C3CCCC32)cc1. The van der Waals surface area contributed by atoms with Gasteiger partial charge in [0.2, 0.25) is 0 Å². The number of nitrogens with zero attached hydrogens (tertiary/aromatic N) is 2. The molecule has 2 heteroatoms. The first-order chi connectivity index (χ1) is 21.9. The molecule has 44 heavy (non-hydrogen) atoms. The van der Waals surface area contributed by atoms with E-state index in [0.29, 0.717) is 11.8 Å². The first-order valence-corrected chi connectivity index (χ1v) is 16.2. The van der Waals surface area contributed by atoms with E-state index in [1.807, 2.05) is 0 Å². The topological polar surface area (TPSA) is 9.86 Å². The van der Waals surface area contributed by atoms with E-state index in [1.165, 1.54) is 90.9 Å². The summed E-state index contributed by atoms with van der Waals surface area (Å²) in [5.74, 6) is 1.14. The van der Waals surface area contributed by atoms with Gasteiger partial charge in [-0.2, -0.15) is 0 Å². The highest BCUT2D eigenvalue weighted by Gasteiger charge is 2.62. The summed E-state index contributed by atoms with van der Waals surface area (Å²) in [6, 6.07) is 46.3. The summed E-state index contributed by atoms with van der Waals surface area (Å²) in [6.45, 7) is 0. The average molecular weight is 561 g/mol. The van der Waals surface area contributed by atoms with Crippen LogP contribution in [0.3, 0.4) is 0 Å². The van der Waals surface area contributed by atoms with Gasteiger partial charge in [0.15, 0.2) is 0 Å². The van der Waals surface area contributed by atoms with Gasteiger partial charge in [-0.1, -0.05) is 103 Å². The molecule has 4 heterocycles. The molecule has 12 rings (SSSR count). The molecule has 206 valence electrons. The van der Waals surface area contributed by atoms with Crippen molar-refractivity contribution < 1.29 is 0 Å². The molecule has 2 aromatic heterocycles. The lowest BCUT2D eigenvalue weighted by Gasteiger charge is -2.46. The van der Waals surface area contributed by atoms with Gasteiger partial charge in [-0.3, -0.25) is 0 Å². The number of para-hydroxylation sites is 3. The Morgan fingerprint density at radius 1 is 0.568 bits per heavy atom. The summed E-state index contributed by atoms with van der Waals surface area (Å²) < 4.78 is 5.31. The molecule has 2 nitrogen and oxygen atoms in total. The third kappa shape index (κ3) is 2.21. The molecular weight excluding hydrogens is 532 g/mol. The van der Waals surface area contributed by atoms with Crippen molar-refractivity contribution in [2.24, 2.45) is 5.92 Å². The lowest BCUT2D eigenvalue weighted by molar-refractivity contribution is 0.383. The van der Waals surface area contributed by atoms with Crippen molar-refractivity contribution in [1.29, 1.82) is 0 Å². The molecule has 0 N–H and O–H groups in total. The van der Waals surface area contributed by atoms with Crippen LogP contribution in [0.5, 0.6) is 0 Å². The van der Waals surface area contributed by atoms with Crippen LogP contribution < -0.4 is 0 Å². The number of hydrogen-bond donors (Lipinski definition) is 0. The summed E-state index contributed by atoms with van der Waals surface area (Å²) in [5.41, 5.74) is 16.9. The van der Waals surface area contributed by atoms with Gasteiger partial charge in [0.1, 0.15) is 0 Å². The summed E-state index contributed by atoms with van der Waals surface area (Å²) in [5, 5.41) is 5.49. The molecule has 3 unspecified atom stereocenters. The van der Waals surface area contributed by atoms with Crippen LogP contribution in [-0.4, -0.2) is 9.13 Å². The molecule has 3 atom stereocenters. The van der Waals surface area contributed by atoms with Gasteiger partial charge in [-0.15, -0.1) is 0 Å². The van der Waals surface area contributed by atoms with Crippen molar-refractivity contribution in [3.63, 3.8) is 0 Å². The number of rotatable bonds is 1. The van der Waals surface area contributed by atoms with Crippen molar-refractivity contribution >= 4 is 43.6 Å². The Morgan fingerprint density at radius 2 is 1.27 bits per heavy atom.